The predicted octanol–water partition coefficient (Wildman–Crippen LogP) is 1.74. The lowest BCUT2D eigenvalue weighted by Crippen LogP contribution is -2.44. The van der Waals surface area contributed by atoms with Crippen LogP contribution in [0.2, 0.25) is 0 Å². The molecule has 6 heteroatoms. The number of rotatable bonds is 1. The molecule has 1 fully saturated rings. The number of hydrogen-bond donors (Lipinski definition) is 2. The number of nitrogens with zero attached hydrogens (tertiary/aromatic N) is 3. The molecule has 0 amide bonds. The van der Waals surface area contributed by atoms with Gasteiger partial charge < -0.3 is 14.8 Å². The van der Waals surface area contributed by atoms with E-state index in [1.54, 1.807) is 6.07 Å². The second-order valence-electron chi connectivity index (χ2n) is 4.67. The van der Waals surface area contributed by atoms with Crippen LogP contribution in [-0.4, -0.2) is 48.1 Å². The molecule has 0 aliphatic carbocycles. The molecule has 0 spiro atoms. The number of nitrogens with one attached hydrogen (secondary N) is 1. The number of likely N-dealkylation sites (N-methyl/N-ethyl adjacent to an activating group) is 1. The maximum absolute atomic E-state index is 14.1. The highest BCUT2D eigenvalue weighted by Gasteiger charge is 2.18. The van der Waals surface area contributed by atoms with E-state index in [1.807, 2.05) is 0 Å². The van der Waals surface area contributed by atoms with Crippen molar-refractivity contribution in [3.8, 4) is 0 Å². The van der Waals surface area contributed by atoms with E-state index in [2.05, 4.69) is 39.4 Å². The van der Waals surface area contributed by atoms with Crippen LogP contribution in [0, 0.1) is 5.82 Å². The number of hydrogen-bond acceptors (Lipinski definition) is 4. The molecule has 0 unspecified atom stereocenters. The Morgan fingerprint density at radius 3 is 2.72 bits per heavy atom. The number of fused-ring (bicyclic) bond motifs is 1. The highest BCUT2D eigenvalue weighted by molar-refractivity contribution is 7.80. The van der Waals surface area contributed by atoms with Crippen molar-refractivity contribution in [1.29, 1.82) is 0 Å². The molecule has 3 rings (SSSR count). The third-order valence-corrected chi connectivity index (χ3v) is 3.59. The molecule has 1 aromatic heterocycles. The fraction of sp³-hybridized carbons (Fsp3) is 0.417. The quantitative estimate of drug-likeness (QED) is 0.772. The maximum Gasteiger partial charge on any atom is 0.163 e. The van der Waals surface area contributed by atoms with Gasteiger partial charge in [0.15, 0.2) is 5.16 Å². The van der Waals surface area contributed by atoms with E-state index < -0.39 is 0 Å². The van der Waals surface area contributed by atoms with E-state index >= 15 is 0 Å². The zero-order valence-corrected chi connectivity index (χ0v) is 11.0. The van der Waals surface area contributed by atoms with Crippen molar-refractivity contribution in [2.45, 2.75) is 5.16 Å². The van der Waals surface area contributed by atoms with Gasteiger partial charge in [-0.15, -0.1) is 12.6 Å². The Morgan fingerprint density at radius 1 is 1.28 bits per heavy atom. The van der Waals surface area contributed by atoms with Crippen LogP contribution in [-0.2, 0) is 0 Å². The fourth-order valence-corrected chi connectivity index (χ4v) is 2.52. The molecular weight excluding hydrogens is 251 g/mol. The average Bonchev–Trinajstić information content (AvgIpc) is 2.68. The zero-order chi connectivity index (χ0) is 12.7. The lowest BCUT2D eigenvalue weighted by molar-refractivity contribution is 0.312. The van der Waals surface area contributed by atoms with Crippen LogP contribution in [0.25, 0.3) is 11.0 Å². The number of H-pyrrole nitrogens is 1. The number of imidazole rings is 1. The molecule has 18 heavy (non-hydrogen) atoms. The van der Waals surface area contributed by atoms with E-state index in [1.165, 1.54) is 6.07 Å². The van der Waals surface area contributed by atoms with Crippen LogP contribution in [0.4, 0.5) is 10.1 Å². The molecule has 0 saturated carbocycles. The van der Waals surface area contributed by atoms with E-state index in [9.17, 15) is 4.39 Å². The molecular formula is C12H15FN4S. The second kappa shape index (κ2) is 4.44. The van der Waals surface area contributed by atoms with Crippen molar-refractivity contribution in [3.05, 3.63) is 17.9 Å². The summed E-state index contributed by atoms with van der Waals surface area (Å²) in [6.45, 7) is 3.60. The topological polar surface area (TPSA) is 35.2 Å². The second-order valence-corrected chi connectivity index (χ2v) is 5.10. The van der Waals surface area contributed by atoms with Crippen molar-refractivity contribution in [1.82, 2.24) is 14.9 Å². The van der Waals surface area contributed by atoms with Crippen LogP contribution >= 0.6 is 12.6 Å². The first kappa shape index (κ1) is 11.8. The van der Waals surface area contributed by atoms with E-state index in [0.717, 1.165) is 31.7 Å². The molecule has 2 aromatic rings. The first-order valence-corrected chi connectivity index (χ1v) is 6.40. The summed E-state index contributed by atoms with van der Waals surface area (Å²) in [5, 5.41) is 0.514. The molecule has 0 bridgehead atoms. The molecule has 1 aliphatic heterocycles. The van der Waals surface area contributed by atoms with Gasteiger partial charge in [-0.25, -0.2) is 9.37 Å². The predicted molar refractivity (Wildman–Crippen MR) is 73.0 cm³/mol. The molecule has 0 atom stereocenters. The fourth-order valence-electron chi connectivity index (χ4n) is 2.30. The molecule has 1 aromatic carbocycles. The summed E-state index contributed by atoms with van der Waals surface area (Å²) >= 11 is 4.14. The Kier molecular flexibility index (Phi) is 2.91. The van der Waals surface area contributed by atoms with Crippen molar-refractivity contribution in [3.63, 3.8) is 0 Å². The Labute approximate surface area is 110 Å². The highest BCUT2D eigenvalue weighted by atomic mass is 32.1. The van der Waals surface area contributed by atoms with Gasteiger partial charge in [0.1, 0.15) is 5.82 Å². The summed E-state index contributed by atoms with van der Waals surface area (Å²) in [7, 11) is 2.08. The van der Waals surface area contributed by atoms with Gasteiger partial charge in [0.05, 0.1) is 16.7 Å². The summed E-state index contributed by atoms with van der Waals surface area (Å²) in [5.74, 6) is -0.205. The van der Waals surface area contributed by atoms with Gasteiger partial charge in [-0.1, -0.05) is 0 Å². The van der Waals surface area contributed by atoms with Gasteiger partial charge in [-0.05, 0) is 13.1 Å². The third-order valence-electron chi connectivity index (χ3n) is 3.38. The van der Waals surface area contributed by atoms with Crippen LogP contribution < -0.4 is 4.90 Å². The molecule has 1 saturated heterocycles. The monoisotopic (exact) mass is 266 g/mol. The van der Waals surface area contributed by atoms with Gasteiger partial charge in [0, 0.05) is 32.2 Å². The Balaban J connectivity index is 1.98. The minimum absolute atomic E-state index is 0.205. The Hall–Kier alpha value is -1.27. The molecule has 2 heterocycles. The van der Waals surface area contributed by atoms with Gasteiger partial charge in [-0.3, -0.25) is 0 Å². The minimum Gasteiger partial charge on any atom is -0.367 e. The first-order valence-electron chi connectivity index (χ1n) is 5.95. The van der Waals surface area contributed by atoms with Gasteiger partial charge in [0.2, 0.25) is 0 Å². The Morgan fingerprint density at radius 2 is 2.00 bits per heavy atom. The van der Waals surface area contributed by atoms with Crippen LogP contribution in [0.5, 0.6) is 0 Å². The number of aromatic amines is 1. The van der Waals surface area contributed by atoms with Crippen molar-refractivity contribution in [2.75, 3.05) is 38.1 Å². The molecule has 1 aliphatic rings. The number of benzene rings is 1. The normalized spacial score (nSPS) is 17.6. The molecule has 1 N–H and O–H groups in total. The zero-order valence-electron chi connectivity index (χ0n) is 10.1. The molecule has 96 valence electrons. The lowest BCUT2D eigenvalue weighted by Gasteiger charge is -2.34. The van der Waals surface area contributed by atoms with Crippen LogP contribution in [0.3, 0.4) is 0 Å². The SMILES string of the molecule is CN1CCN(c2cc3nc(S)[nH]c3cc2F)CC1. The largest absolute Gasteiger partial charge is 0.367 e. The van der Waals surface area contributed by atoms with Gasteiger partial charge in [0.25, 0.3) is 0 Å². The molecule has 0 radical (unpaired) electrons. The third kappa shape index (κ3) is 2.06. The molecule has 4 nitrogen and oxygen atoms in total. The van der Waals surface area contributed by atoms with Crippen molar-refractivity contribution in [2.24, 2.45) is 0 Å². The summed E-state index contributed by atoms with van der Waals surface area (Å²) in [6, 6.07) is 3.29. The summed E-state index contributed by atoms with van der Waals surface area (Å²) in [6.07, 6.45) is 0. The number of anilines is 1. The van der Waals surface area contributed by atoms with E-state index in [4.69, 9.17) is 0 Å². The Bertz CT molecular complexity index is 575. The summed E-state index contributed by atoms with van der Waals surface area (Å²) in [5.41, 5.74) is 2.08. The standard InChI is InChI=1S/C12H15FN4S/c1-16-2-4-17(5-3-16)11-7-10-9(6-8(11)13)14-12(18)15-10/h6-7H,2-5H2,1H3,(H2,14,15,18). The number of thiol groups is 1. The van der Waals surface area contributed by atoms with E-state index in [0.29, 0.717) is 16.4 Å². The van der Waals surface area contributed by atoms with Gasteiger partial charge in [-0.2, -0.15) is 0 Å². The lowest BCUT2D eigenvalue weighted by atomic mass is 10.2. The number of piperazine rings is 1. The number of halogens is 1. The minimum atomic E-state index is -0.205. The van der Waals surface area contributed by atoms with Crippen molar-refractivity contribution < 1.29 is 4.39 Å². The van der Waals surface area contributed by atoms with Crippen LogP contribution in [0.1, 0.15) is 0 Å². The average molecular weight is 266 g/mol. The first-order chi connectivity index (χ1) is 8.63. The van der Waals surface area contributed by atoms with Crippen molar-refractivity contribution >= 4 is 29.3 Å². The highest BCUT2D eigenvalue weighted by Crippen LogP contribution is 2.26. The summed E-state index contributed by atoms with van der Waals surface area (Å²) in [4.78, 5) is 11.5. The smallest absolute Gasteiger partial charge is 0.163 e. The summed E-state index contributed by atoms with van der Waals surface area (Å²) < 4.78 is 14.1. The van der Waals surface area contributed by atoms with Gasteiger partial charge >= 0.3 is 0 Å². The maximum atomic E-state index is 14.1. The number of aromatic nitrogens is 2. The van der Waals surface area contributed by atoms with E-state index in [-0.39, 0.29) is 5.82 Å². The van der Waals surface area contributed by atoms with Crippen LogP contribution in [0.15, 0.2) is 17.3 Å².